The van der Waals surface area contributed by atoms with Crippen molar-refractivity contribution >= 4 is 62.0 Å². The van der Waals surface area contributed by atoms with Crippen molar-refractivity contribution in [2.75, 3.05) is 42.6 Å². The van der Waals surface area contributed by atoms with Gasteiger partial charge in [0.25, 0.3) is 5.91 Å². The lowest BCUT2D eigenvalue weighted by Gasteiger charge is -2.25. The van der Waals surface area contributed by atoms with Crippen LogP contribution in [0.5, 0.6) is 0 Å². The Balaban J connectivity index is 1.31. The van der Waals surface area contributed by atoms with Crippen LogP contribution >= 0.6 is 23.2 Å². The predicted octanol–water partition coefficient (Wildman–Crippen LogP) is 2.33. The smallest absolute Gasteiger partial charge is 0.410 e. The number of carbonyl (C=O) groups is 2. The number of nitrogens with zero attached hydrogens (tertiary/aromatic N) is 4. The first kappa shape index (κ1) is 27.6. The third-order valence-corrected chi connectivity index (χ3v) is 8.13. The van der Waals surface area contributed by atoms with Crippen molar-refractivity contribution in [3.8, 4) is 0 Å². The molecule has 4 rings (SSSR count). The van der Waals surface area contributed by atoms with Gasteiger partial charge in [0, 0.05) is 65.6 Å². The molecule has 2 aliphatic heterocycles. The van der Waals surface area contributed by atoms with Gasteiger partial charge in [-0.3, -0.25) is 13.3 Å². The molecule has 0 spiro atoms. The van der Waals surface area contributed by atoms with Gasteiger partial charge in [0.2, 0.25) is 0 Å². The van der Waals surface area contributed by atoms with Gasteiger partial charge in [-0.1, -0.05) is 23.2 Å². The Hall–Kier alpha value is -2.45. The van der Waals surface area contributed by atoms with Gasteiger partial charge in [-0.2, -0.15) is 0 Å². The van der Waals surface area contributed by atoms with Crippen LogP contribution in [0.25, 0.3) is 0 Å². The maximum absolute atomic E-state index is 13.0. The molecule has 2 saturated heterocycles. The lowest BCUT2D eigenvalue weighted by atomic mass is 10.0. The van der Waals surface area contributed by atoms with Crippen molar-refractivity contribution in [2.45, 2.75) is 6.61 Å². The summed E-state index contributed by atoms with van der Waals surface area (Å²) in [7, 11) is -3.61. The van der Waals surface area contributed by atoms with Gasteiger partial charge in [-0.15, -0.1) is 0 Å². The molecule has 11 nitrogen and oxygen atoms in total. The van der Waals surface area contributed by atoms with Crippen LogP contribution in [0.4, 0.5) is 10.5 Å². The minimum atomic E-state index is -3.61. The number of hydrogen-bond acceptors (Lipinski definition) is 8. The van der Waals surface area contributed by atoms with Gasteiger partial charge in [0.15, 0.2) is 9.84 Å². The van der Waals surface area contributed by atoms with Gasteiger partial charge in [-0.25, -0.2) is 18.2 Å². The number of carbonyl (C=O) groups excluding carboxylic acids is 2. The average Bonchev–Trinajstić information content (AvgIpc) is 3.39. The summed E-state index contributed by atoms with van der Waals surface area (Å²) in [6, 6.07) is 7.64. The number of anilines is 1. The summed E-state index contributed by atoms with van der Waals surface area (Å²) in [5.41, 5.74) is 0.820. The molecule has 3 heterocycles. The van der Waals surface area contributed by atoms with Crippen LogP contribution in [0, 0.1) is 11.8 Å². The van der Waals surface area contributed by atoms with E-state index in [0.717, 1.165) is 12.5 Å². The number of amides is 2. The summed E-state index contributed by atoms with van der Waals surface area (Å²) < 4.78 is 52.0. The highest BCUT2D eigenvalue weighted by atomic mass is 35.5. The van der Waals surface area contributed by atoms with Gasteiger partial charge >= 0.3 is 6.09 Å². The number of ether oxygens (including phenoxy) is 1. The topological polar surface area (TPSA) is 140 Å². The predicted molar refractivity (Wildman–Crippen MR) is 136 cm³/mol. The first-order valence-corrected chi connectivity index (χ1v) is 14.9. The highest BCUT2D eigenvalue weighted by Gasteiger charge is 2.43. The molecule has 2 fully saturated rings. The molecule has 0 radical (unpaired) electrons. The molecule has 2 aliphatic rings. The van der Waals surface area contributed by atoms with Crippen LogP contribution in [-0.4, -0.2) is 82.3 Å². The van der Waals surface area contributed by atoms with Crippen molar-refractivity contribution in [1.82, 2.24) is 14.8 Å². The maximum atomic E-state index is 13.0. The number of pyridine rings is 1. The van der Waals surface area contributed by atoms with Crippen molar-refractivity contribution in [3.05, 3.63) is 57.8 Å². The molecule has 0 N–H and O–H groups in total. The molecule has 0 aliphatic carbocycles. The number of rotatable bonds is 7. The second kappa shape index (κ2) is 11.1. The normalized spacial score (nSPS) is 20.0. The fourth-order valence-electron chi connectivity index (χ4n) is 4.48. The first-order valence-electron chi connectivity index (χ1n) is 11.1. The maximum Gasteiger partial charge on any atom is 0.410 e. The third kappa shape index (κ3) is 6.90. The Bertz CT molecular complexity index is 1290. The van der Waals surface area contributed by atoms with E-state index in [1.807, 2.05) is 0 Å². The second-order valence-corrected chi connectivity index (χ2v) is 12.9. The van der Waals surface area contributed by atoms with Gasteiger partial charge in [0.1, 0.15) is 18.2 Å². The lowest BCUT2D eigenvalue weighted by molar-refractivity contribution is 0.0759. The van der Waals surface area contributed by atoms with Gasteiger partial charge in [0.05, 0.1) is 11.9 Å². The van der Waals surface area contributed by atoms with E-state index < -0.39 is 33.1 Å². The minimum absolute atomic E-state index is 0.0304. The zero-order valence-electron chi connectivity index (χ0n) is 19.6. The van der Waals surface area contributed by atoms with Crippen molar-refractivity contribution in [3.63, 3.8) is 0 Å². The molecule has 1 unspecified atom stereocenters. The molecule has 2 aromatic rings. The molecule has 1 aromatic heterocycles. The second-order valence-electron chi connectivity index (χ2n) is 9.02. The van der Waals surface area contributed by atoms with E-state index in [4.69, 9.17) is 27.9 Å². The molecule has 3 atom stereocenters. The number of benzene rings is 1. The molecule has 0 saturated carbocycles. The van der Waals surface area contributed by atoms with Gasteiger partial charge in [-0.05, 0) is 35.9 Å². The number of hydrogen-bond donors (Lipinski definition) is 0. The van der Waals surface area contributed by atoms with Crippen LogP contribution < -0.4 is 4.31 Å². The quantitative estimate of drug-likeness (QED) is 0.448. The molecule has 200 valence electrons. The first-order chi connectivity index (χ1) is 17.4. The number of halogens is 2. The fourth-order valence-corrected chi connectivity index (χ4v) is 6.82. The number of aromatic nitrogens is 1. The van der Waals surface area contributed by atoms with E-state index in [-0.39, 0.29) is 35.7 Å². The molecule has 1 aromatic carbocycles. The highest BCUT2D eigenvalue weighted by Crippen LogP contribution is 2.32. The monoisotopic (exact) mass is 589 g/mol. The average molecular weight is 590 g/mol. The van der Waals surface area contributed by atoms with Gasteiger partial charge < -0.3 is 19.1 Å². The number of fused-ring (bicyclic) bond motifs is 1. The summed E-state index contributed by atoms with van der Waals surface area (Å²) >= 11 is 9.12. The highest BCUT2D eigenvalue weighted by molar-refractivity contribution is 7.92. The largest absolute Gasteiger partial charge is 0.755 e. The van der Waals surface area contributed by atoms with Crippen molar-refractivity contribution in [2.24, 2.45) is 11.8 Å². The van der Waals surface area contributed by atoms with E-state index >= 15 is 0 Å². The Morgan fingerprint density at radius 2 is 1.70 bits per heavy atom. The van der Waals surface area contributed by atoms with Crippen LogP contribution in [0.2, 0.25) is 10.0 Å². The summed E-state index contributed by atoms with van der Waals surface area (Å²) in [4.78, 5) is 32.8. The molecule has 15 heteroatoms. The number of sulfone groups is 1. The summed E-state index contributed by atoms with van der Waals surface area (Å²) in [6.07, 6.45) is 1.61. The molecular weight excluding hydrogens is 567 g/mol. The van der Waals surface area contributed by atoms with Crippen LogP contribution in [0.3, 0.4) is 0 Å². The van der Waals surface area contributed by atoms with Crippen molar-refractivity contribution < 1.29 is 31.5 Å². The molecule has 2 amide bonds. The van der Waals surface area contributed by atoms with Crippen LogP contribution in [-0.2, 0) is 32.4 Å². The standard InChI is InChI=1S/C22H24Cl2N4O7S2/c1-37(33,34)13-28(36(31)32)19-2-3-20(25-7-19)21(29)26-8-15-10-27(11-16(15)9-26)22(30)35-12-14-4-17(23)6-18(24)5-14/h2-7,15-16H,8-13H2,1H3,(H,31,32)/p-1/t15-,16+. The Kier molecular flexibility index (Phi) is 8.29. The SMILES string of the molecule is CS(=O)(=O)CN(c1ccc(C(=O)N2C[C@H]3CN(C(=O)OCc4cc(Cl)cc(Cl)c4)C[C@H]3C2)nc1)S(=O)[O-]. The Morgan fingerprint density at radius 1 is 1.11 bits per heavy atom. The zero-order valence-corrected chi connectivity index (χ0v) is 22.7. The third-order valence-electron chi connectivity index (χ3n) is 6.10. The van der Waals surface area contributed by atoms with E-state index in [1.54, 1.807) is 28.0 Å². The van der Waals surface area contributed by atoms with E-state index in [9.17, 15) is 26.8 Å². The zero-order chi connectivity index (χ0) is 26.9. The van der Waals surface area contributed by atoms with Crippen molar-refractivity contribution in [1.29, 1.82) is 0 Å². The van der Waals surface area contributed by atoms with E-state index in [1.165, 1.54) is 12.1 Å². The summed E-state index contributed by atoms with van der Waals surface area (Å²) in [5, 5.41) is 0.907. The summed E-state index contributed by atoms with van der Waals surface area (Å²) in [5.74, 6) is -0.890. The molecular formula is C22H23Cl2N4O7S2-. The number of likely N-dealkylation sites (tertiary alicyclic amines) is 2. The van der Waals surface area contributed by atoms with Crippen LogP contribution in [0.1, 0.15) is 16.1 Å². The Labute approximate surface area is 226 Å². The summed E-state index contributed by atoms with van der Waals surface area (Å²) in [6.45, 7) is 1.81. The fraction of sp³-hybridized carbons (Fsp3) is 0.409. The minimum Gasteiger partial charge on any atom is -0.755 e. The molecule has 0 bridgehead atoms. The van der Waals surface area contributed by atoms with Crippen LogP contribution in [0.15, 0.2) is 36.5 Å². The lowest BCUT2D eigenvalue weighted by Crippen LogP contribution is -2.36. The Morgan fingerprint density at radius 3 is 2.22 bits per heavy atom. The molecule has 37 heavy (non-hydrogen) atoms. The van der Waals surface area contributed by atoms with E-state index in [2.05, 4.69) is 4.98 Å². The van der Waals surface area contributed by atoms with E-state index in [0.29, 0.717) is 46.1 Å².